The Kier molecular flexibility index (Phi) is 30.9. The Balaban J connectivity index is 4.28. The third-order valence-corrected chi connectivity index (χ3v) is 9.25. The molecular weight excluding hydrogens is 629 g/mol. The van der Waals surface area contributed by atoms with Crippen LogP contribution in [0, 0.1) is 0 Å². The van der Waals surface area contributed by atoms with Gasteiger partial charge in [-0.15, -0.1) is 0 Å². The molecule has 0 aliphatic heterocycles. The fourth-order valence-electron chi connectivity index (χ4n) is 5.18. The zero-order valence-corrected chi connectivity index (χ0v) is 32.6. The highest BCUT2D eigenvalue weighted by Gasteiger charge is 2.21. The maximum Gasteiger partial charge on any atom is 0.306 e. The zero-order valence-electron chi connectivity index (χ0n) is 31.7. The summed E-state index contributed by atoms with van der Waals surface area (Å²) in [5.41, 5.74) is 0. The van der Waals surface area contributed by atoms with Crippen LogP contribution in [-0.4, -0.2) is 70.0 Å². The predicted octanol–water partition coefficient (Wildman–Crippen LogP) is 9.61. The highest BCUT2D eigenvalue weighted by atomic mass is 31.2. The first-order valence-electron chi connectivity index (χ1n) is 19.4. The summed E-state index contributed by atoms with van der Waals surface area (Å²) < 4.78 is 33.6. The minimum Gasteiger partial charge on any atom is -0.756 e. The van der Waals surface area contributed by atoms with Crippen LogP contribution in [0.3, 0.4) is 0 Å². The Hall–Kier alpha value is -1.25. The van der Waals surface area contributed by atoms with E-state index in [4.69, 9.17) is 18.5 Å². The van der Waals surface area contributed by atoms with E-state index >= 15 is 0 Å². The number of hydrogen-bond acceptors (Lipinski definition) is 8. The molecule has 0 heterocycles. The van der Waals surface area contributed by atoms with Crippen molar-refractivity contribution in [1.82, 2.24) is 0 Å². The highest BCUT2D eigenvalue weighted by molar-refractivity contribution is 7.45. The molecule has 10 heteroatoms. The van der Waals surface area contributed by atoms with E-state index in [-0.39, 0.29) is 26.1 Å². The molecule has 0 saturated carbocycles. The number of esters is 2. The molecule has 0 amide bonds. The van der Waals surface area contributed by atoms with Crippen molar-refractivity contribution in [2.24, 2.45) is 0 Å². The number of carbonyl (C=O) groups excluding carboxylic acids is 2. The van der Waals surface area contributed by atoms with Crippen molar-refractivity contribution >= 4 is 19.8 Å². The van der Waals surface area contributed by atoms with Gasteiger partial charge in [-0.05, 0) is 38.5 Å². The number of rotatable bonds is 35. The van der Waals surface area contributed by atoms with Crippen molar-refractivity contribution in [3.63, 3.8) is 0 Å². The van der Waals surface area contributed by atoms with E-state index in [1.807, 2.05) is 21.1 Å². The Morgan fingerprint density at radius 2 is 1.06 bits per heavy atom. The topological polar surface area (TPSA) is 111 Å². The van der Waals surface area contributed by atoms with Gasteiger partial charge in [0.15, 0.2) is 6.10 Å². The number of allylic oxidation sites excluding steroid dienone is 2. The van der Waals surface area contributed by atoms with Crippen LogP contribution in [0.25, 0.3) is 0 Å². The normalized spacial score (nSPS) is 13.9. The summed E-state index contributed by atoms with van der Waals surface area (Å²) in [6.07, 6.45) is 29.8. The summed E-state index contributed by atoms with van der Waals surface area (Å²) in [7, 11) is 1.17. The first-order chi connectivity index (χ1) is 23.0. The first kappa shape index (κ1) is 46.8. The zero-order chi connectivity index (χ0) is 35.8. The number of nitrogens with zero attached hydrogens (tertiary/aromatic N) is 1. The van der Waals surface area contributed by atoms with E-state index in [2.05, 4.69) is 26.0 Å². The highest BCUT2D eigenvalue weighted by Crippen LogP contribution is 2.38. The Morgan fingerprint density at radius 3 is 1.54 bits per heavy atom. The van der Waals surface area contributed by atoms with Crippen LogP contribution in [0.1, 0.15) is 168 Å². The third kappa shape index (κ3) is 34.6. The number of likely N-dealkylation sites (N-methyl/N-ethyl adjacent to an activating group) is 1. The quantitative estimate of drug-likeness (QED) is 0.0211. The predicted molar refractivity (Wildman–Crippen MR) is 195 cm³/mol. The molecule has 0 aromatic heterocycles. The van der Waals surface area contributed by atoms with Gasteiger partial charge in [0.05, 0.1) is 27.7 Å². The molecule has 2 atom stereocenters. The lowest BCUT2D eigenvalue weighted by Crippen LogP contribution is -2.37. The second-order valence-corrected chi connectivity index (χ2v) is 15.7. The molecule has 0 saturated heterocycles. The molecule has 284 valence electrons. The van der Waals surface area contributed by atoms with Crippen LogP contribution in [0.15, 0.2) is 12.2 Å². The lowest BCUT2D eigenvalue weighted by atomic mass is 10.1. The second-order valence-electron chi connectivity index (χ2n) is 14.3. The van der Waals surface area contributed by atoms with Crippen LogP contribution < -0.4 is 4.89 Å². The van der Waals surface area contributed by atoms with Gasteiger partial charge in [-0.1, -0.05) is 129 Å². The number of quaternary nitrogens is 1. The molecular formula is C38H74NO8P. The van der Waals surface area contributed by atoms with E-state index in [0.717, 1.165) is 51.4 Å². The average Bonchev–Trinajstić information content (AvgIpc) is 3.02. The monoisotopic (exact) mass is 704 g/mol. The van der Waals surface area contributed by atoms with Gasteiger partial charge in [-0.3, -0.25) is 14.2 Å². The minimum atomic E-state index is -4.61. The number of phosphoric ester groups is 1. The summed E-state index contributed by atoms with van der Waals surface area (Å²) in [6.45, 7) is 4.14. The molecule has 0 spiro atoms. The summed E-state index contributed by atoms with van der Waals surface area (Å²) >= 11 is 0. The summed E-state index contributed by atoms with van der Waals surface area (Å²) in [5, 5.41) is 0. The summed E-state index contributed by atoms with van der Waals surface area (Å²) in [4.78, 5) is 37.1. The molecule has 0 bridgehead atoms. The van der Waals surface area contributed by atoms with Crippen LogP contribution in [0.2, 0.25) is 0 Å². The molecule has 9 nitrogen and oxygen atoms in total. The fourth-order valence-corrected chi connectivity index (χ4v) is 5.91. The Labute approximate surface area is 295 Å². The number of ether oxygens (including phenoxy) is 2. The number of phosphoric acid groups is 1. The SMILES string of the molecule is CCCCCCCCC/C=C\CCCCCCCCCC(=O)OC(COC(=O)CCCCCCCC)COP(=O)([O-])OCC[N+](C)(C)C. The second kappa shape index (κ2) is 31.7. The summed E-state index contributed by atoms with van der Waals surface area (Å²) in [5.74, 6) is -0.846. The van der Waals surface area contributed by atoms with Crippen molar-refractivity contribution in [3.8, 4) is 0 Å². The van der Waals surface area contributed by atoms with Crippen molar-refractivity contribution < 1.29 is 42.1 Å². The summed E-state index contributed by atoms with van der Waals surface area (Å²) in [6, 6.07) is 0. The van der Waals surface area contributed by atoms with E-state index in [9.17, 15) is 19.0 Å². The Bertz CT molecular complexity index is 845. The maximum absolute atomic E-state index is 12.6. The van der Waals surface area contributed by atoms with Crippen molar-refractivity contribution in [1.29, 1.82) is 0 Å². The van der Waals surface area contributed by atoms with Gasteiger partial charge in [-0.25, -0.2) is 0 Å². The molecule has 0 fully saturated rings. The molecule has 0 rings (SSSR count). The van der Waals surface area contributed by atoms with E-state index in [1.165, 1.54) is 83.5 Å². The molecule has 0 radical (unpaired) electrons. The van der Waals surface area contributed by atoms with Crippen molar-refractivity contribution in [3.05, 3.63) is 12.2 Å². The smallest absolute Gasteiger partial charge is 0.306 e. The van der Waals surface area contributed by atoms with E-state index in [0.29, 0.717) is 17.4 Å². The van der Waals surface area contributed by atoms with Gasteiger partial charge < -0.3 is 27.9 Å². The van der Waals surface area contributed by atoms with E-state index in [1.54, 1.807) is 0 Å². The number of unbranched alkanes of at least 4 members (excludes halogenated alkanes) is 19. The minimum absolute atomic E-state index is 0.0294. The molecule has 2 unspecified atom stereocenters. The van der Waals surface area contributed by atoms with Crippen molar-refractivity contribution in [2.45, 2.75) is 174 Å². The number of hydrogen-bond donors (Lipinski definition) is 0. The molecule has 0 aliphatic rings. The fraction of sp³-hybridized carbons (Fsp3) is 0.895. The largest absolute Gasteiger partial charge is 0.756 e. The van der Waals surface area contributed by atoms with Gasteiger partial charge in [-0.2, -0.15) is 0 Å². The lowest BCUT2D eigenvalue weighted by Gasteiger charge is -2.28. The Morgan fingerprint density at radius 1 is 0.625 bits per heavy atom. The molecule has 0 aromatic rings. The van der Waals surface area contributed by atoms with Gasteiger partial charge in [0, 0.05) is 12.8 Å². The van der Waals surface area contributed by atoms with Crippen LogP contribution in [0.5, 0.6) is 0 Å². The van der Waals surface area contributed by atoms with Crippen LogP contribution >= 0.6 is 7.82 Å². The number of carbonyl (C=O) groups is 2. The van der Waals surface area contributed by atoms with Crippen LogP contribution in [0.4, 0.5) is 0 Å². The lowest BCUT2D eigenvalue weighted by molar-refractivity contribution is -0.870. The third-order valence-electron chi connectivity index (χ3n) is 8.29. The average molecular weight is 704 g/mol. The van der Waals surface area contributed by atoms with Gasteiger partial charge in [0.25, 0.3) is 7.82 Å². The first-order valence-corrected chi connectivity index (χ1v) is 20.9. The molecule has 0 aliphatic carbocycles. The van der Waals surface area contributed by atoms with Gasteiger partial charge in [0.2, 0.25) is 0 Å². The van der Waals surface area contributed by atoms with E-state index < -0.39 is 32.5 Å². The van der Waals surface area contributed by atoms with Crippen molar-refractivity contribution in [2.75, 3.05) is 47.5 Å². The van der Waals surface area contributed by atoms with Crippen LogP contribution in [-0.2, 0) is 32.7 Å². The van der Waals surface area contributed by atoms with Gasteiger partial charge in [0.1, 0.15) is 19.8 Å². The maximum atomic E-state index is 12.6. The van der Waals surface area contributed by atoms with Gasteiger partial charge >= 0.3 is 11.9 Å². The molecule has 48 heavy (non-hydrogen) atoms. The molecule has 0 aromatic carbocycles. The standard InChI is InChI=1S/C38H74NO8P/c1-6-8-10-12-14-15-16-17-18-19-20-21-22-23-24-25-27-29-31-38(41)47-36(34-44-37(40)30-28-26-13-11-9-7-2)35-46-48(42,43)45-33-32-39(3,4)5/h18-19,36H,6-17,20-35H2,1-5H3/b19-18-. The molecule has 0 N–H and O–H groups in total.